The Morgan fingerprint density at radius 1 is 1.43 bits per heavy atom. The molecule has 2 rings (SSSR count). The van der Waals surface area contributed by atoms with Gasteiger partial charge in [0.2, 0.25) is 5.91 Å². The Bertz CT molecular complexity index is 578. The van der Waals surface area contributed by atoms with Crippen molar-refractivity contribution in [3.05, 3.63) is 29.3 Å². The van der Waals surface area contributed by atoms with Crippen LogP contribution < -0.4 is 5.32 Å². The molecule has 1 aliphatic rings. The molecule has 1 saturated heterocycles. The van der Waals surface area contributed by atoms with E-state index in [0.717, 1.165) is 12.1 Å². The molecular formula is C14H16F2N2O3. The van der Waals surface area contributed by atoms with Crippen molar-refractivity contribution in [1.82, 2.24) is 4.90 Å². The summed E-state index contributed by atoms with van der Waals surface area (Å²) in [5, 5.41) is 2.80. The predicted octanol–water partition coefficient (Wildman–Crippen LogP) is 1.78. The van der Waals surface area contributed by atoms with Crippen LogP contribution in [0.5, 0.6) is 0 Å². The summed E-state index contributed by atoms with van der Waals surface area (Å²) in [7, 11) is 1.65. The van der Waals surface area contributed by atoms with Crippen molar-refractivity contribution in [2.24, 2.45) is 0 Å². The largest absolute Gasteiger partial charge is 0.462 e. The molecule has 1 N–H and O–H groups in total. The van der Waals surface area contributed by atoms with Crippen molar-refractivity contribution in [2.45, 2.75) is 19.4 Å². The zero-order valence-corrected chi connectivity index (χ0v) is 11.8. The van der Waals surface area contributed by atoms with E-state index in [4.69, 9.17) is 4.74 Å². The van der Waals surface area contributed by atoms with Crippen LogP contribution in [-0.4, -0.2) is 43.0 Å². The molecule has 21 heavy (non-hydrogen) atoms. The average Bonchev–Trinajstić information content (AvgIpc) is 2.75. The number of likely N-dealkylation sites (tertiary alicyclic amines) is 1. The first-order valence-electron chi connectivity index (χ1n) is 6.61. The van der Waals surface area contributed by atoms with Gasteiger partial charge >= 0.3 is 5.97 Å². The highest BCUT2D eigenvalue weighted by molar-refractivity contribution is 5.97. The van der Waals surface area contributed by atoms with Gasteiger partial charge in [-0.2, -0.15) is 0 Å². The van der Waals surface area contributed by atoms with Crippen molar-refractivity contribution in [1.29, 1.82) is 0 Å². The topological polar surface area (TPSA) is 58.6 Å². The maximum Gasteiger partial charge on any atom is 0.340 e. The molecule has 114 valence electrons. The van der Waals surface area contributed by atoms with E-state index < -0.39 is 23.6 Å². The number of anilines is 1. The molecule has 0 spiro atoms. The maximum atomic E-state index is 13.4. The Balaban J connectivity index is 2.31. The molecule has 1 aromatic rings. The molecule has 1 aromatic carbocycles. The highest BCUT2D eigenvalue weighted by Gasteiger charge is 2.30. The van der Waals surface area contributed by atoms with Crippen LogP contribution >= 0.6 is 0 Å². The van der Waals surface area contributed by atoms with Crippen LogP contribution in [0, 0.1) is 11.6 Å². The minimum Gasteiger partial charge on any atom is -0.462 e. The molecule has 0 aliphatic carbocycles. The Hall–Kier alpha value is -2.18. The van der Waals surface area contributed by atoms with E-state index in [-0.39, 0.29) is 23.8 Å². The summed E-state index contributed by atoms with van der Waals surface area (Å²) in [6.45, 7) is 2.29. The predicted molar refractivity (Wildman–Crippen MR) is 72.0 cm³/mol. The quantitative estimate of drug-likeness (QED) is 0.861. The van der Waals surface area contributed by atoms with Crippen molar-refractivity contribution >= 4 is 17.6 Å². The van der Waals surface area contributed by atoms with Gasteiger partial charge in [0.15, 0.2) is 11.6 Å². The Morgan fingerprint density at radius 2 is 2.10 bits per heavy atom. The zero-order chi connectivity index (χ0) is 15.6. The van der Waals surface area contributed by atoms with E-state index in [1.54, 1.807) is 14.0 Å². The van der Waals surface area contributed by atoms with Crippen LogP contribution in [0.3, 0.4) is 0 Å². The summed E-state index contributed by atoms with van der Waals surface area (Å²) in [6, 6.07) is 1.08. The lowest BCUT2D eigenvalue weighted by molar-refractivity contribution is -0.127. The molecule has 0 bridgehead atoms. The zero-order valence-electron chi connectivity index (χ0n) is 11.8. The fourth-order valence-electron chi connectivity index (χ4n) is 2.19. The van der Waals surface area contributed by atoms with Crippen LogP contribution in [0.2, 0.25) is 0 Å². The van der Waals surface area contributed by atoms with Crippen molar-refractivity contribution in [3.8, 4) is 0 Å². The Labute approximate surface area is 120 Å². The number of halogens is 2. The first-order chi connectivity index (χ1) is 9.93. The maximum absolute atomic E-state index is 13.4. The summed E-state index contributed by atoms with van der Waals surface area (Å²) >= 11 is 0. The van der Waals surface area contributed by atoms with E-state index in [9.17, 15) is 18.4 Å². The number of hydrogen-bond donors (Lipinski definition) is 1. The molecule has 1 amide bonds. The number of carbonyl (C=O) groups is 2. The summed E-state index contributed by atoms with van der Waals surface area (Å²) < 4.78 is 31.5. The van der Waals surface area contributed by atoms with Crippen LogP contribution in [0.4, 0.5) is 14.5 Å². The number of carbonyl (C=O) groups excluding carboxylic acids is 2. The Morgan fingerprint density at radius 3 is 2.67 bits per heavy atom. The molecule has 1 aliphatic heterocycles. The summed E-state index contributed by atoms with van der Waals surface area (Å²) in [4.78, 5) is 25.2. The first kappa shape index (κ1) is 15.2. The van der Waals surface area contributed by atoms with Gasteiger partial charge in [-0.15, -0.1) is 0 Å². The third-order valence-corrected chi connectivity index (χ3v) is 3.31. The second kappa shape index (κ2) is 6.07. The highest BCUT2D eigenvalue weighted by Crippen LogP contribution is 2.24. The highest BCUT2D eigenvalue weighted by atomic mass is 19.2. The lowest BCUT2D eigenvalue weighted by Crippen LogP contribution is -2.31. The second-order valence-electron chi connectivity index (χ2n) is 4.78. The van der Waals surface area contributed by atoms with E-state index in [2.05, 4.69) is 5.32 Å². The van der Waals surface area contributed by atoms with Crippen molar-refractivity contribution in [3.63, 3.8) is 0 Å². The smallest absolute Gasteiger partial charge is 0.340 e. The van der Waals surface area contributed by atoms with E-state index >= 15 is 0 Å². The number of benzene rings is 1. The molecule has 1 heterocycles. The number of rotatable bonds is 4. The van der Waals surface area contributed by atoms with E-state index in [1.165, 1.54) is 4.90 Å². The summed E-state index contributed by atoms with van der Waals surface area (Å²) in [5.41, 5.74) is -0.0703. The second-order valence-corrected chi connectivity index (χ2v) is 4.78. The lowest BCUT2D eigenvalue weighted by Gasteiger charge is -2.16. The van der Waals surface area contributed by atoms with Gasteiger partial charge in [0, 0.05) is 19.7 Å². The van der Waals surface area contributed by atoms with Crippen LogP contribution in [0.25, 0.3) is 0 Å². The Kier molecular flexibility index (Phi) is 4.40. The third kappa shape index (κ3) is 3.12. The minimum atomic E-state index is -1.14. The molecule has 5 nitrogen and oxygen atoms in total. The number of nitrogens with zero attached hydrogens (tertiary/aromatic N) is 1. The molecular weight excluding hydrogens is 282 g/mol. The van der Waals surface area contributed by atoms with Gasteiger partial charge in [0.05, 0.1) is 17.9 Å². The fraction of sp³-hybridized carbons (Fsp3) is 0.429. The van der Waals surface area contributed by atoms with Crippen LogP contribution in [0.15, 0.2) is 12.1 Å². The standard InChI is InChI=1S/C14H16F2N2O3/c1-3-21-14(20)8-6-9(15)10(16)7-12(8)17-11-4-5-18(2)13(11)19/h6-7,11,17H,3-5H2,1-2H3/t11-/m1/s1. The van der Waals surface area contributed by atoms with E-state index in [1.807, 2.05) is 0 Å². The van der Waals surface area contributed by atoms with Gasteiger partial charge in [0.25, 0.3) is 0 Å². The van der Waals surface area contributed by atoms with Crippen molar-refractivity contribution in [2.75, 3.05) is 25.5 Å². The minimum absolute atomic E-state index is 0.0565. The van der Waals surface area contributed by atoms with Crippen molar-refractivity contribution < 1.29 is 23.1 Å². The van der Waals surface area contributed by atoms with E-state index in [0.29, 0.717) is 13.0 Å². The normalized spacial score (nSPS) is 18.0. The molecule has 0 radical (unpaired) electrons. The SMILES string of the molecule is CCOC(=O)c1cc(F)c(F)cc1N[C@@H]1CCN(C)C1=O. The lowest BCUT2D eigenvalue weighted by atomic mass is 10.1. The van der Waals surface area contributed by atoms with Gasteiger partial charge in [0.1, 0.15) is 6.04 Å². The summed E-state index contributed by atoms with van der Waals surface area (Å²) in [6.07, 6.45) is 0.524. The summed E-state index contributed by atoms with van der Waals surface area (Å²) in [5.74, 6) is -3.16. The molecule has 1 fully saturated rings. The van der Waals surface area contributed by atoms with Gasteiger partial charge < -0.3 is 15.0 Å². The number of hydrogen-bond acceptors (Lipinski definition) is 4. The number of esters is 1. The number of ether oxygens (including phenoxy) is 1. The molecule has 0 saturated carbocycles. The molecule has 0 unspecified atom stereocenters. The average molecular weight is 298 g/mol. The monoisotopic (exact) mass is 298 g/mol. The van der Waals surface area contributed by atoms with Gasteiger partial charge in [-0.1, -0.05) is 0 Å². The number of amides is 1. The van der Waals surface area contributed by atoms with Crippen LogP contribution in [-0.2, 0) is 9.53 Å². The molecule has 1 atom stereocenters. The number of likely N-dealkylation sites (N-methyl/N-ethyl adjacent to an activating group) is 1. The van der Waals surface area contributed by atoms with Gasteiger partial charge in [-0.3, -0.25) is 4.79 Å². The van der Waals surface area contributed by atoms with Crippen LogP contribution in [0.1, 0.15) is 23.7 Å². The van der Waals surface area contributed by atoms with Gasteiger partial charge in [-0.25, -0.2) is 13.6 Å². The number of nitrogens with one attached hydrogen (secondary N) is 1. The third-order valence-electron chi connectivity index (χ3n) is 3.31. The fourth-order valence-corrected chi connectivity index (χ4v) is 2.19. The molecule has 7 heteroatoms. The first-order valence-corrected chi connectivity index (χ1v) is 6.61. The molecule has 0 aromatic heterocycles. The van der Waals surface area contributed by atoms with Gasteiger partial charge in [-0.05, 0) is 19.4 Å².